The highest BCUT2D eigenvalue weighted by atomic mass is 16.3. The second-order valence-electron chi connectivity index (χ2n) is 7.37. The number of carbonyl (C=O) groups is 1. The summed E-state index contributed by atoms with van der Waals surface area (Å²) in [5.41, 5.74) is -0.770. The second-order valence-corrected chi connectivity index (χ2v) is 7.37. The molecule has 2 N–H and O–H groups in total. The highest BCUT2D eigenvalue weighted by Crippen LogP contribution is 2.17. The maximum absolute atomic E-state index is 12.2. The molecule has 0 aromatic rings. The zero-order valence-electron chi connectivity index (χ0n) is 14.4. The number of aliphatic hydroxyl groups excluding tert-OH is 1. The lowest BCUT2D eigenvalue weighted by atomic mass is 9.90. The number of carbonyl (C=O) groups excluding carboxylic acids is 1. The Morgan fingerprint density at radius 2 is 1.90 bits per heavy atom. The molecule has 0 heterocycles. The van der Waals surface area contributed by atoms with Crippen molar-refractivity contribution < 1.29 is 9.90 Å². The van der Waals surface area contributed by atoms with Gasteiger partial charge in [-0.1, -0.05) is 34.6 Å². The first-order valence-corrected chi connectivity index (χ1v) is 7.59. The molecule has 5 heteroatoms. The van der Waals surface area contributed by atoms with Gasteiger partial charge in [-0.3, -0.25) is 9.69 Å². The van der Waals surface area contributed by atoms with Crippen LogP contribution in [0.4, 0.5) is 0 Å². The SMILES string of the molecule is CC(C)C(C)(C#N)NC(=O)CN(CCCO)CC(C)(C)C. The molecule has 5 nitrogen and oxygen atoms in total. The molecule has 0 aliphatic heterocycles. The molecule has 0 aliphatic rings. The molecule has 1 unspecified atom stereocenters. The fraction of sp³-hybridized carbons (Fsp3) is 0.875. The van der Waals surface area contributed by atoms with Gasteiger partial charge in [-0.25, -0.2) is 0 Å². The summed E-state index contributed by atoms with van der Waals surface area (Å²) in [5.74, 6) is -0.102. The topological polar surface area (TPSA) is 76.4 Å². The summed E-state index contributed by atoms with van der Waals surface area (Å²) in [7, 11) is 0. The lowest BCUT2D eigenvalue weighted by Crippen LogP contribution is -2.52. The Morgan fingerprint density at radius 3 is 2.29 bits per heavy atom. The van der Waals surface area contributed by atoms with Crippen LogP contribution in [0.1, 0.15) is 48.0 Å². The van der Waals surface area contributed by atoms with Gasteiger partial charge < -0.3 is 10.4 Å². The molecule has 0 fully saturated rings. The standard InChI is InChI=1S/C16H31N3O2/c1-13(2)16(6,11-17)18-14(21)10-19(8-7-9-20)12-15(3,4)5/h13,20H,7-10,12H2,1-6H3,(H,18,21). The molecule has 1 atom stereocenters. The van der Waals surface area contributed by atoms with E-state index in [1.165, 1.54) is 0 Å². The highest BCUT2D eigenvalue weighted by molar-refractivity contribution is 5.79. The summed E-state index contributed by atoms with van der Waals surface area (Å²) in [6.07, 6.45) is 0.642. The van der Waals surface area contributed by atoms with Gasteiger partial charge in [0.15, 0.2) is 0 Å². The fourth-order valence-electron chi connectivity index (χ4n) is 2.01. The average Bonchev–Trinajstić information content (AvgIpc) is 2.33. The van der Waals surface area contributed by atoms with Crippen LogP contribution in [-0.2, 0) is 4.79 Å². The molecule has 0 bridgehead atoms. The predicted molar refractivity (Wildman–Crippen MR) is 84.6 cm³/mol. The highest BCUT2D eigenvalue weighted by Gasteiger charge is 2.30. The van der Waals surface area contributed by atoms with Gasteiger partial charge in [0.1, 0.15) is 5.54 Å². The fourth-order valence-corrected chi connectivity index (χ4v) is 2.01. The van der Waals surface area contributed by atoms with E-state index in [-0.39, 0.29) is 30.4 Å². The van der Waals surface area contributed by atoms with Gasteiger partial charge in [0, 0.05) is 19.7 Å². The van der Waals surface area contributed by atoms with E-state index < -0.39 is 5.54 Å². The van der Waals surface area contributed by atoms with Gasteiger partial charge in [-0.2, -0.15) is 5.26 Å². The lowest BCUT2D eigenvalue weighted by molar-refractivity contribution is -0.124. The zero-order chi connectivity index (χ0) is 16.7. The molecule has 122 valence electrons. The van der Waals surface area contributed by atoms with Crippen LogP contribution in [0.3, 0.4) is 0 Å². The van der Waals surface area contributed by atoms with E-state index in [1.54, 1.807) is 6.92 Å². The van der Waals surface area contributed by atoms with Crippen LogP contribution in [0.15, 0.2) is 0 Å². The van der Waals surface area contributed by atoms with E-state index in [0.29, 0.717) is 13.0 Å². The Hall–Kier alpha value is -1.12. The Kier molecular flexibility index (Phi) is 7.91. The monoisotopic (exact) mass is 297 g/mol. The first-order valence-electron chi connectivity index (χ1n) is 7.59. The van der Waals surface area contributed by atoms with E-state index in [0.717, 1.165) is 6.54 Å². The number of nitrogens with zero attached hydrogens (tertiary/aromatic N) is 2. The zero-order valence-corrected chi connectivity index (χ0v) is 14.4. The van der Waals surface area contributed by atoms with Gasteiger partial charge >= 0.3 is 0 Å². The summed E-state index contributed by atoms with van der Waals surface area (Å²) in [5, 5.41) is 21.1. The smallest absolute Gasteiger partial charge is 0.235 e. The van der Waals surface area contributed by atoms with Crippen molar-refractivity contribution in [3.8, 4) is 6.07 Å². The van der Waals surface area contributed by atoms with Gasteiger partial charge in [-0.15, -0.1) is 0 Å². The molecule has 0 aliphatic carbocycles. The summed E-state index contributed by atoms with van der Waals surface area (Å²) in [6, 6.07) is 2.18. The van der Waals surface area contributed by atoms with Crippen molar-refractivity contribution >= 4 is 5.91 Å². The van der Waals surface area contributed by atoms with E-state index in [1.807, 2.05) is 18.7 Å². The third-order valence-corrected chi connectivity index (χ3v) is 3.48. The van der Waals surface area contributed by atoms with Crippen LogP contribution in [0.5, 0.6) is 0 Å². The molecular formula is C16H31N3O2. The predicted octanol–water partition coefficient (Wildman–Crippen LogP) is 1.77. The van der Waals surface area contributed by atoms with Crippen LogP contribution < -0.4 is 5.32 Å². The minimum Gasteiger partial charge on any atom is -0.396 e. The molecule has 1 amide bonds. The number of amides is 1. The maximum atomic E-state index is 12.2. The average molecular weight is 297 g/mol. The lowest BCUT2D eigenvalue weighted by Gasteiger charge is -2.32. The minimum absolute atomic E-state index is 0.0416. The van der Waals surface area contributed by atoms with Gasteiger partial charge in [0.2, 0.25) is 5.91 Å². The number of hydrogen-bond acceptors (Lipinski definition) is 4. The van der Waals surface area contributed by atoms with Crippen LogP contribution in [0, 0.1) is 22.7 Å². The first kappa shape index (κ1) is 19.9. The first-order chi connectivity index (χ1) is 9.54. The van der Waals surface area contributed by atoms with Gasteiger partial charge in [-0.05, 0) is 24.7 Å². The molecule has 21 heavy (non-hydrogen) atoms. The molecule has 0 saturated carbocycles. The minimum atomic E-state index is -0.846. The Balaban J connectivity index is 4.70. The van der Waals surface area contributed by atoms with Crippen LogP contribution in [0.25, 0.3) is 0 Å². The number of aliphatic hydroxyl groups is 1. The van der Waals surface area contributed by atoms with Crippen LogP contribution in [-0.4, -0.2) is 47.7 Å². The summed E-state index contributed by atoms with van der Waals surface area (Å²) in [4.78, 5) is 14.2. The van der Waals surface area contributed by atoms with Gasteiger partial charge in [0.25, 0.3) is 0 Å². The van der Waals surface area contributed by atoms with Crippen LogP contribution >= 0.6 is 0 Å². The van der Waals surface area contributed by atoms with Crippen molar-refractivity contribution in [2.24, 2.45) is 11.3 Å². The van der Waals surface area contributed by atoms with Crippen molar-refractivity contribution in [1.82, 2.24) is 10.2 Å². The van der Waals surface area contributed by atoms with Crippen molar-refractivity contribution in [3.05, 3.63) is 0 Å². The molecule has 0 aromatic heterocycles. The van der Waals surface area contributed by atoms with Crippen molar-refractivity contribution in [2.45, 2.75) is 53.5 Å². The normalized spacial score (nSPS) is 14.9. The molecule has 0 rings (SSSR count). The third kappa shape index (κ3) is 8.03. The maximum Gasteiger partial charge on any atom is 0.235 e. The van der Waals surface area contributed by atoms with E-state index in [4.69, 9.17) is 5.11 Å². The van der Waals surface area contributed by atoms with E-state index in [9.17, 15) is 10.1 Å². The second kappa shape index (κ2) is 8.35. The number of rotatable bonds is 8. The van der Waals surface area contributed by atoms with Crippen molar-refractivity contribution in [2.75, 3.05) is 26.2 Å². The molecule has 0 saturated heterocycles. The number of hydrogen-bond donors (Lipinski definition) is 2. The van der Waals surface area contributed by atoms with Gasteiger partial charge in [0.05, 0.1) is 12.6 Å². The molecule has 0 spiro atoms. The summed E-state index contributed by atoms with van der Waals surface area (Å²) < 4.78 is 0. The molecule has 0 radical (unpaired) electrons. The number of nitrogens with one attached hydrogen (secondary N) is 1. The summed E-state index contributed by atoms with van der Waals surface area (Å²) in [6.45, 7) is 13.7. The van der Waals surface area contributed by atoms with Crippen molar-refractivity contribution in [3.63, 3.8) is 0 Å². The summed E-state index contributed by atoms with van der Waals surface area (Å²) >= 11 is 0. The van der Waals surface area contributed by atoms with E-state index in [2.05, 4.69) is 32.2 Å². The third-order valence-electron chi connectivity index (χ3n) is 3.48. The molecular weight excluding hydrogens is 266 g/mol. The largest absolute Gasteiger partial charge is 0.396 e. The number of nitriles is 1. The quantitative estimate of drug-likeness (QED) is 0.716. The Labute approximate surface area is 129 Å². The molecule has 0 aromatic carbocycles. The van der Waals surface area contributed by atoms with E-state index >= 15 is 0 Å². The Morgan fingerprint density at radius 1 is 1.33 bits per heavy atom. The van der Waals surface area contributed by atoms with Crippen molar-refractivity contribution in [1.29, 1.82) is 5.26 Å². The Bertz CT molecular complexity index is 369. The van der Waals surface area contributed by atoms with Crippen LogP contribution in [0.2, 0.25) is 0 Å².